The molecule has 2 aliphatic rings. The topological polar surface area (TPSA) is 44.5 Å². The molecule has 3 heteroatoms. The molecule has 1 saturated carbocycles. The first-order chi connectivity index (χ1) is 6.12. The van der Waals surface area contributed by atoms with E-state index in [0.29, 0.717) is 13.2 Å². The van der Waals surface area contributed by atoms with Crippen molar-refractivity contribution >= 4 is 0 Å². The third kappa shape index (κ3) is 2.03. The maximum absolute atomic E-state index is 5.92. The van der Waals surface area contributed by atoms with Crippen molar-refractivity contribution in [3.8, 4) is 0 Å². The van der Waals surface area contributed by atoms with E-state index >= 15 is 0 Å². The molecule has 0 radical (unpaired) electrons. The normalized spacial score (nSPS) is 31.8. The molecule has 1 spiro atoms. The maximum Gasteiger partial charge on any atom is 0.168 e. The van der Waals surface area contributed by atoms with Crippen LogP contribution in [-0.4, -0.2) is 24.5 Å². The Bertz CT molecular complexity index is 173. The highest BCUT2D eigenvalue weighted by atomic mass is 16.7. The van der Waals surface area contributed by atoms with Crippen LogP contribution in [0.2, 0.25) is 0 Å². The van der Waals surface area contributed by atoms with Gasteiger partial charge in [-0.05, 0) is 19.8 Å². The van der Waals surface area contributed by atoms with Gasteiger partial charge in [0.1, 0.15) is 0 Å². The summed E-state index contributed by atoms with van der Waals surface area (Å²) in [7, 11) is 0. The van der Waals surface area contributed by atoms with Gasteiger partial charge in [-0.15, -0.1) is 0 Å². The first-order valence-electron chi connectivity index (χ1n) is 5.19. The zero-order chi connectivity index (χ0) is 9.36. The molecule has 2 N–H and O–H groups in total. The van der Waals surface area contributed by atoms with Gasteiger partial charge >= 0.3 is 0 Å². The molecule has 2 rings (SSSR count). The molecular formula is C10H19NO2. The first kappa shape index (κ1) is 9.44. The summed E-state index contributed by atoms with van der Waals surface area (Å²) >= 11 is 0. The lowest BCUT2D eigenvalue weighted by Crippen LogP contribution is -2.57. The van der Waals surface area contributed by atoms with Crippen LogP contribution in [0.15, 0.2) is 0 Å². The largest absolute Gasteiger partial charge is 0.348 e. The van der Waals surface area contributed by atoms with E-state index < -0.39 is 0 Å². The van der Waals surface area contributed by atoms with Gasteiger partial charge in [-0.25, -0.2) is 0 Å². The van der Waals surface area contributed by atoms with Gasteiger partial charge in [-0.3, -0.25) is 0 Å². The zero-order valence-corrected chi connectivity index (χ0v) is 8.34. The highest BCUT2D eigenvalue weighted by Gasteiger charge is 2.41. The van der Waals surface area contributed by atoms with Gasteiger partial charge in [-0.2, -0.15) is 0 Å². The Morgan fingerprint density at radius 3 is 2.08 bits per heavy atom. The molecule has 1 heterocycles. The SMILES string of the molecule is CC1(N)COC2(CCCCC2)OC1. The van der Waals surface area contributed by atoms with Gasteiger partial charge in [-0.1, -0.05) is 6.42 Å². The van der Waals surface area contributed by atoms with Crippen molar-refractivity contribution in [1.82, 2.24) is 0 Å². The van der Waals surface area contributed by atoms with E-state index in [1.807, 2.05) is 6.92 Å². The summed E-state index contributed by atoms with van der Waals surface area (Å²) in [6.45, 7) is 3.24. The summed E-state index contributed by atoms with van der Waals surface area (Å²) in [6.07, 6.45) is 5.85. The summed E-state index contributed by atoms with van der Waals surface area (Å²) in [6, 6.07) is 0. The second-order valence-electron chi connectivity index (χ2n) is 4.70. The molecule has 13 heavy (non-hydrogen) atoms. The van der Waals surface area contributed by atoms with E-state index in [0.717, 1.165) is 12.8 Å². The first-order valence-corrected chi connectivity index (χ1v) is 5.19. The fourth-order valence-corrected chi connectivity index (χ4v) is 2.06. The Labute approximate surface area is 79.6 Å². The van der Waals surface area contributed by atoms with Gasteiger partial charge in [0.2, 0.25) is 0 Å². The van der Waals surface area contributed by atoms with Crippen LogP contribution in [0.1, 0.15) is 39.0 Å². The maximum atomic E-state index is 5.92. The fraction of sp³-hybridized carbons (Fsp3) is 1.00. The van der Waals surface area contributed by atoms with Crippen LogP contribution in [0, 0.1) is 0 Å². The third-order valence-corrected chi connectivity index (χ3v) is 2.95. The van der Waals surface area contributed by atoms with Crippen LogP contribution >= 0.6 is 0 Å². The van der Waals surface area contributed by atoms with Crippen LogP contribution in [0.3, 0.4) is 0 Å². The highest BCUT2D eigenvalue weighted by molar-refractivity contribution is 4.87. The van der Waals surface area contributed by atoms with Crippen molar-refractivity contribution in [3.05, 3.63) is 0 Å². The average molecular weight is 185 g/mol. The Morgan fingerprint density at radius 2 is 1.54 bits per heavy atom. The zero-order valence-electron chi connectivity index (χ0n) is 8.34. The second kappa shape index (κ2) is 3.23. The predicted octanol–water partition coefficient (Wildman–Crippen LogP) is 1.41. The Hall–Kier alpha value is -0.120. The van der Waals surface area contributed by atoms with Crippen LogP contribution in [0.5, 0.6) is 0 Å². The molecule has 0 amide bonds. The second-order valence-corrected chi connectivity index (χ2v) is 4.70. The number of hydrogen-bond donors (Lipinski definition) is 1. The van der Waals surface area contributed by atoms with E-state index in [4.69, 9.17) is 15.2 Å². The van der Waals surface area contributed by atoms with Crippen molar-refractivity contribution < 1.29 is 9.47 Å². The van der Waals surface area contributed by atoms with Crippen molar-refractivity contribution in [1.29, 1.82) is 0 Å². The molecule has 1 aliphatic heterocycles. The van der Waals surface area contributed by atoms with E-state index in [9.17, 15) is 0 Å². The molecule has 76 valence electrons. The van der Waals surface area contributed by atoms with E-state index in [-0.39, 0.29) is 11.3 Å². The Balaban J connectivity index is 1.95. The molecular weight excluding hydrogens is 166 g/mol. The predicted molar refractivity (Wildman–Crippen MR) is 50.3 cm³/mol. The molecule has 0 bridgehead atoms. The average Bonchev–Trinajstić information content (AvgIpc) is 2.13. The van der Waals surface area contributed by atoms with E-state index in [1.54, 1.807) is 0 Å². The summed E-state index contributed by atoms with van der Waals surface area (Å²) in [5.74, 6) is -0.267. The summed E-state index contributed by atoms with van der Waals surface area (Å²) in [5.41, 5.74) is 5.63. The molecule has 0 unspecified atom stereocenters. The van der Waals surface area contributed by atoms with Crippen LogP contribution < -0.4 is 5.73 Å². The minimum Gasteiger partial charge on any atom is -0.348 e. The molecule has 0 aromatic heterocycles. The lowest BCUT2D eigenvalue weighted by Gasteiger charge is -2.45. The quantitative estimate of drug-likeness (QED) is 0.620. The lowest BCUT2D eigenvalue weighted by molar-refractivity contribution is -0.296. The molecule has 1 aliphatic carbocycles. The van der Waals surface area contributed by atoms with Gasteiger partial charge in [0.25, 0.3) is 0 Å². The lowest BCUT2D eigenvalue weighted by atomic mass is 9.92. The van der Waals surface area contributed by atoms with Gasteiger partial charge in [0, 0.05) is 12.8 Å². The molecule has 0 atom stereocenters. The monoisotopic (exact) mass is 185 g/mol. The van der Waals surface area contributed by atoms with E-state index in [1.165, 1.54) is 19.3 Å². The smallest absolute Gasteiger partial charge is 0.168 e. The summed E-state index contributed by atoms with van der Waals surface area (Å²) in [5, 5.41) is 0. The number of ether oxygens (including phenoxy) is 2. The fourth-order valence-electron chi connectivity index (χ4n) is 2.06. The summed E-state index contributed by atoms with van der Waals surface area (Å²) in [4.78, 5) is 0. The highest BCUT2D eigenvalue weighted by Crippen LogP contribution is 2.36. The van der Waals surface area contributed by atoms with Gasteiger partial charge < -0.3 is 15.2 Å². The molecule has 0 aromatic carbocycles. The molecule has 1 saturated heterocycles. The van der Waals surface area contributed by atoms with Gasteiger partial charge in [0.05, 0.1) is 18.8 Å². The van der Waals surface area contributed by atoms with Crippen molar-refractivity contribution in [3.63, 3.8) is 0 Å². The minimum absolute atomic E-state index is 0.267. The Morgan fingerprint density at radius 1 is 1.00 bits per heavy atom. The number of rotatable bonds is 0. The van der Waals surface area contributed by atoms with Crippen molar-refractivity contribution in [2.24, 2.45) is 5.73 Å². The number of hydrogen-bond acceptors (Lipinski definition) is 3. The Kier molecular flexibility index (Phi) is 2.34. The molecule has 3 nitrogen and oxygen atoms in total. The minimum atomic E-state index is -0.289. The van der Waals surface area contributed by atoms with Crippen LogP contribution in [0.4, 0.5) is 0 Å². The standard InChI is InChI=1S/C10H19NO2/c1-9(11)7-12-10(13-8-9)5-3-2-4-6-10/h2-8,11H2,1H3. The van der Waals surface area contributed by atoms with Crippen molar-refractivity contribution in [2.75, 3.05) is 13.2 Å². The van der Waals surface area contributed by atoms with Crippen molar-refractivity contribution in [2.45, 2.75) is 50.4 Å². The molecule has 2 fully saturated rings. The van der Waals surface area contributed by atoms with Crippen LogP contribution in [-0.2, 0) is 9.47 Å². The third-order valence-electron chi connectivity index (χ3n) is 2.95. The molecule has 0 aromatic rings. The summed E-state index contributed by atoms with van der Waals surface area (Å²) < 4.78 is 11.5. The van der Waals surface area contributed by atoms with Gasteiger partial charge in [0.15, 0.2) is 5.79 Å². The van der Waals surface area contributed by atoms with E-state index in [2.05, 4.69) is 0 Å². The van der Waals surface area contributed by atoms with Crippen LogP contribution in [0.25, 0.3) is 0 Å². The number of nitrogens with two attached hydrogens (primary N) is 1.